The highest BCUT2D eigenvalue weighted by atomic mass is 32.1. The van der Waals surface area contributed by atoms with E-state index in [1.165, 1.54) is 11.4 Å². The molecular weight excluding hydrogens is 424 g/mol. The third kappa shape index (κ3) is 3.33. The summed E-state index contributed by atoms with van der Waals surface area (Å²) in [4.78, 5) is 13.5. The van der Waals surface area contributed by atoms with E-state index in [0.29, 0.717) is 30.1 Å². The summed E-state index contributed by atoms with van der Waals surface area (Å²) < 4.78 is 0. The molecule has 0 saturated heterocycles. The van der Waals surface area contributed by atoms with Crippen molar-refractivity contribution >= 4 is 17.0 Å². The molecule has 158 valence electrons. The number of nitriles is 3. The first-order chi connectivity index (χ1) is 15.4. The number of benzene rings is 1. The monoisotopic (exact) mass is 442 g/mol. The summed E-state index contributed by atoms with van der Waals surface area (Å²) in [6.45, 7) is 1.73. The third-order valence-electron chi connectivity index (χ3n) is 6.11. The van der Waals surface area contributed by atoms with Crippen LogP contribution in [0, 0.1) is 55.4 Å². The Balaban J connectivity index is 1.84. The number of rotatable bonds is 4. The average molecular weight is 443 g/mol. The van der Waals surface area contributed by atoms with Gasteiger partial charge >= 0.3 is 0 Å². The SMILES string of the molecule is N#CC1=C(N)C(C#N)(C#N)C(c2cc([N+](=O)[O-])cs2)C2CN(Cc3ccccc3)CC=C12. The topological polar surface area (TPSA) is 144 Å². The molecule has 32 heavy (non-hydrogen) atoms. The van der Waals surface area contributed by atoms with Crippen LogP contribution in [0.3, 0.4) is 0 Å². The van der Waals surface area contributed by atoms with E-state index in [1.54, 1.807) is 0 Å². The van der Waals surface area contributed by atoms with Crippen molar-refractivity contribution in [3.8, 4) is 18.2 Å². The second-order valence-electron chi connectivity index (χ2n) is 7.82. The van der Waals surface area contributed by atoms with Gasteiger partial charge in [-0.05, 0) is 11.1 Å². The van der Waals surface area contributed by atoms with Crippen LogP contribution in [0.1, 0.15) is 16.4 Å². The Morgan fingerprint density at radius 1 is 1.25 bits per heavy atom. The van der Waals surface area contributed by atoms with Crippen LogP contribution in [0.2, 0.25) is 0 Å². The van der Waals surface area contributed by atoms with Crippen LogP contribution in [-0.4, -0.2) is 22.9 Å². The van der Waals surface area contributed by atoms with Crippen molar-refractivity contribution < 1.29 is 4.92 Å². The molecule has 2 heterocycles. The van der Waals surface area contributed by atoms with E-state index in [1.807, 2.05) is 36.4 Å². The number of thiophene rings is 1. The van der Waals surface area contributed by atoms with Gasteiger partial charge in [0, 0.05) is 42.4 Å². The average Bonchev–Trinajstić information content (AvgIpc) is 3.29. The number of hydrogen-bond donors (Lipinski definition) is 1. The lowest BCUT2D eigenvalue weighted by molar-refractivity contribution is -0.384. The minimum absolute atomic E-state index is 0.0786. The Kier molecular flexibility index (Phi) is 5.50. The summed E-state index contributed by atoms with van der Waals surface area (Å²) in [5.74, 6) is -1.11. The number of allylic oxidation sites excluding steroid dienone is 2. The lowest BCUT2D eigenvalue weighted by Crippen LogP contribution is -2.47. The predicted octanol–water partition coefficient (Wildman–Crippen LogP) is 3.58. The zero-order valence-electron chi connectivity index (χ0n) is 16.9. The van der Waals surface area contributed by atoms with Gasteiger partial charge in [0.1, 0.15) is 6.07 Å². The maximum atomic E-state index is 11.3. The second-order valence-corrected chi connectivity index (χ2v) is 8.76. The Hall–Kier alpha value is -3.97. The summed E-state index contributed by atoms with van der Waals surface area (Å²) in [5.41, 5.74) is 6.31. The lowest BCUT2D eigenvalue weighted by atomic mass is 9.59. The fraction of sp³-hybridized carbons (Fsp3) is 0.261. The number of fused-ring (bicyclic) bond motifs is 1. The summed E-state index contributed by atoms with van der Waals surface area (Å²) in [6, 6.07) is 17.5. The molecule has 8 nitrogen and oxygen atoms in total. The number of nitro groups is 1. The molecule has 2 unspecified atom stereocenters. The van der Waals surface area contributed by atoms with E-state index in [2.05, 4.69) is 23.1 Å². The first-order valence-electron chi connectivity index (χ1n) is 9.87. The van der Waals surface area contributed by atoms with Crippen molar-refractivity contribution in [2.24, 2.45) is 17.1 Å². The van der Waals surface area contributed by atoms with Crippen molar-refractivity contribution in [2.75, 3.05) is 13.1 Å². The van der Waals surface area contributed by atoms with Gasteiger partial charge in [-0.2, -0.15) is 15.8 Å². The Bertz CT molecular complexity index is 1240. The summed E-state index contributed by atoms with van der Waals surface area (Å²) >= 11 is 1.14. The van der Waals surface area contributed by atoms with E-state index in [-0.39, 0.29) is 22.9 Å². The van der Waals surface area contributed by atoms with Crippen molar-refractivity contribution in [1.29, 1.82) is 15.8 Å². The molecule has 2 aliphatic rings. The molecule has 0 saturated carbocycles. The number of hydrogen-bond acceptors (Lipinski definition) is 8. The lowest BCUT2D eigenvalue weighted by Gasteiger charge is -2.45. The van der Waals surface area contributed by atoms with E-state index < -0.39 is 16.3 Å². The highest BCUT2D eigenvalue weighted by Crippen LogP contribution is 2.55. The van der Waals surface area contributed by atoms with Gasteiger partial charge in [0.25, 0.3) is 5.69 Å². The van der Waals surface area contributed by atoms with Gasteiger partial charge in [0.2, 0.25) is 0 Å². The van der Waals surface area contributed by atoms with Crippen molar-refractivity contribution in [1.82, 2.24) is 4.90 Å². The highest BCUT2D eigenvalue weighted by Gasteiger charge is 2.55. The van der Waals surface area contributed by atoms with Crippen LogP contribution < -0.4 is 5.73 Å². The molecule has 2 aromatic rings. The number of nitrogens with two attached hydrogens (primary N) is 1. The van der Waals surface area contributed by atoms with Crippen LogP contribution in [0.25, 0.3) is 0 Å². The molecule has 0 amide bonds. The standard InChI is InChI=1S/C23H18N6O2S/c24-9-18-17-6-7-28(10-15-4-2-1-3-5-15)11-19(17)21(23(13-25,14-26)22(18)27)20-8-16(12-32-20)29(30)31/h1-6,8,12,19,21H,7,10-11,27H2. The van der Waals surface area contributed by atoms with E-state index in [4.69, 9.17) is 5.73 Å². The molecule has 0 fully saturated rings. The first kappa shape index (κ1) is 21.3. The molecule has 9 heteroatoms. The predicted molar refractivity (Wildman–Crippen MR) is 117 cm³/mol. The fourth-order valence-corrected chi connectivity index (χ4v) is 5.70. The normalized spacial score (nSPS) is 22.1. The summed E-state index contributed by atoms with van der Waals surface area (Å²) in [6.07, 6.45) is 1.93. The van der Waals surface area contributed by atoms with Gasteiger partial charge < -0.3 is 5.73 Å². The van der Waals surface area contributed by atoms with Gasteiger partial charge in [-0.1, -0.05) is 36.4 Å². The van der Waals surface area contributed by atoms with Gasteiger partial charge in [-0.25, -0.2) is 0 Å². The zero-order valence-corrected chi connectivity index (χ0v) is 17.7. The van der Waals surface area contributed by atoms with Crippen molar-refractivity contribution in [3.05, 3.63) is 85.3 Å². The summed E-state index contributed by atoms with van der Waals surface area (Å²) in [7, 11) is 0. The Morgan fingerprint density at radius 2 is 1.97 bits per heavy atom. The second kappa shape index (κ2) is 8.28. The zero-order chi connectivity index (χ0) is 22.9. The van der Waals surface area contributed by atoms with Gasteiger partial charge in [-0.3, -0.25) is 15.0 Å². The van der Waals surface area contributed by atoms with Crippen molar-refractivity contribution in [3.63, 3.8) is 0 Å². The molecule has 0 radical (unpaired) electrons. The van der Waals surface area contributed by atoms with E-state index in [0.717, 1.165) is 16.9 Å². The molecule has 0 bridgehead atoms. The molecule has 1 aliphatic carbocycles. The Morgan fingerprint density at radius 3 is 2.56 bits per heavy atom. The minimum Gasteiger partial charge on any atom is -0.399 e. The summed E-state index contributed by atoms with van der Waals surface area (Å²) in [5, 5.41) is 42.7. The van der Waals surface area contributed by atoms with Gasteiger partial charge in [0.15, 0.2) is 5.41 Å². The van der Waals surface area contributed by atoms with Crippen LogP contribution in [-0.2, 0) is 6.54 Å². The van der Waals surface area contributed by atoms with Crippen molar-refractivity contribution in [2.45, 2.75) is 12.5 Å². The molecular formula is C23H18N6O2S. The molecule has 2 atom stereocenters. The van der Waals surface area contributed by atoms with Crippen LogP contribution >= 0.6 is 11.3 Å². The van der Waals surface area contributed by atoms with Gasteiger partial charge in [-0.15, -0.1) is 11.3 Å². The number of nitrogens with zero attached hydrogens (tertiary/aromatic N) is 5. The molecule has 4 rings (SSSR count). The quantitative estimate of drug-likeness (QED) is 0.563. The van der Waals surface area contributed by atoms with Gasteiger partial charge in [0.05, 0.1) is 33.7 Å². The fourth-order valence-electron chi connectivity index (χ4n) is 4.62. The molecule has 1 aromatic carbocycles. The van der Waals surface area contributed by atoms with E-state index >= 15 is 0 Å². The smallest absolute Gasteiger partial charge is 0.280 e. The maximum absolute atomic E-state index is 11.3. The van der Waals surface area contributed by atoms with Crippen LogP contribution in [0.4, 0.5) is 5.69 Å². The third-order valence-corrected chi connectivity index (χ3v) is 7.12. The molecule has 0 spiro atoms. The maximum Gasteiger partial charge on any atom is 0.280 e. The first-order valence-corrected chi connectivity index (χ1v) is 10.8. The molecule has 1 aromatic heterocycles. The van der Waals surface area contributed by atoms with E-state index in [9.17, 15) is 25.9 Å². The largest absolute Gasteiger partial charge is 0.399 e. The minimum atomic E-state index is -1.79. The van der Waals surface area contributed by atoms with Crippen LogP contribution in [0.15, 0.2) is 64.7 Å². The highest BCUT2D eigenvalue weighted by molar-refractivity contribution is 7.10. The van der Waals surface area contributed by atoms with Crippen LogP contribution in [0.5, 0.6) is 0 Å². The molecule has 1 aliphatic heterocycles. The molecule has 2 N–H and O–H groups in total. The Labute approximate surface area is 188 Å².